The van der Waals surface area contributed by atoms with E-state index in [0.717, 1.165) is 0 Å². The maximum Gasteiger partial charge on any atom is 0.410 e. The zero-order valence-electron chi connectivity index (χ0n) is 12.0. The number of hydrogen-bond acceptors (Lipinski definition) is 4. The summed E-state index contributed by atoms with van der Waals surface area (Å²) in [5, 5.41) is 9.52. The summed E-state index contributed by atoms with van der Waals surface area (Å²) in [4.78, 5) is 27.2. The summed E-state index contributed by atoms with van der Waals surface area (Å²) in [6.07, 6.45) is -0.412. The van der Waals surface area contributed by atoms with E-state index in [1.165, 1.54) is 4.90 Å². The zero-order chi connectivity index (χ0) is 14.4. The number of likely N-dealkylation sites (tertiary alicyclic amines) is 2. The molecule has 2 unspecified atom stereocenters. The molecule has 2 aliphatic rings. The Balaban J connectivity index is 2.11. The Morgan fingerprint density at radius 1 is 1.26 bits per heavy atom. The van der Waals surface area contributed by atoms with Crippen molar-refractivity contribution in [1.29, 1.82) is 0 Å². The molecule has 6 nitrogen and oxygen atoms in total. The lowest BCUT2D eigenvalue weighted by Gasteiger charge is -2.27. The maximum absolute atomic E-state index is 12.0. The minimum Gasteiger partial charge on any atom is -0.481 e. The van der Waals surface area contributed by atoms with Gasteiger partial charge >= 0.3 is 12.1 Å². The van der Waals surface area contributed by atoms with Gasteiger partial charge in [0.1, 0.15) is 11.0 Å². The molecule has 108 valence electrons. The minimum absolute atomic E-state index is 0.0116. The number of fused-ring (bicyclic) bond motifs is 1. The summed E-state index contributed by atoms with van der Waals surface area (Å²) >= 11 is 0. The van der Waals surface area contributed by atoms with Crippen LogP contribution in [-0.2, 0) is 9.53 Å². The third-order valence-electron chi connectivity index (χ3n) is 3.86. The highest BCUT2D eigenvalue weighted by Crippen LogP contribution is 2.42. The first-order valence-corrected chi connectivity index (χ1v) is 6.54. The van der Waals surface area contributed by atoms with E-state index in [1.807, 2.05) is 32.7 Å². The number of hydrogen-bond donors (Lipinski definition) is 1. The third-order valence-corrected chi connectivity index (χ3v) is 3.86. The lowest BCUT2D eigenvalue weighted by atomic mass is 9.81. The maximum atomic E-state index is 12.0. The number of ether oxygens (including phenoxy) is 1. The Morgan fingerprint density at radius 3 is 2.37 bits per heavy atom. The normalized spacial score (nSPS) is 31.4. The number of carbonyl (C=O) groups is 2. The molecule has 0 aromatic carbocycles. The van der Waals surface area contributed by atoms with Gasteiger partial charge in [0, 0.05) is 32.1 Å². The quantitative estimate of drug-likeness (QED) is 0.765. The van der Waals surface area contributed by atoms with Crippen LogP contribution in [0.15, 0.2) is 0 Å². The fourth-order valence-electron chi connectivity index (χ4n) is 3.08. The van der Waals surface area contributed by atoms with Crippen LogP contribution < -0.4 is 0 Å². The second-order valence-electron chi connectivity index (χ2n) is 6.72. The number of carboxylic acids is 1. The molecule has 2 rings (SSSR count). The van der Waals surface area contributed by atoms with Gasteiger partial charge in [0.25, 0.3) is 0 Å². The standard InChI is InChI=1S/C13H22N2O4/c1-12(2,3)19-11(18)15-6-9-5-14(4)7-13(9,8-15)10(16)17/h9H,5-8H2,1-4H3,(H,16,17). The number of nitrogens with zero attached hydrogens (tertiary/aromatic N) is 2. The lowest BCUT2D eigenvalue weighted by Crippen LogP contribution is -2.42. The van der Waals surface area contributed by atoms with E-state index in [4.69, 9.17) is 4.74 Å². The SMILES string of the molecule is CN1CC2CN(C(=O)OC(C)(C)C)CC2(C(=O)O)C1. The number of carboxylic acid groups (broad SMARTS) is 1. The third kappa shape index (κ3) is 2.54. The molecule has 1 N–H and O–H groups in total. The van der Waals surface area contributed by atoms with Crippen molar-refractivity contribution < 1.29 is 19.4 Å². The van der Waals surface area contributed by atoms with Gasteiger partial charge in [-0.1, -0.05) is 0 Å². The van der Waals surface area contributed by atoms with Crippen LogP contribution in [0.2, 0.25) is 0 Å². The first-order valence-electron chi connectivity index (χ1n) is 6.54. The van der Waals surface area contributed by atoms with E-state index in [-0.39, 0.29) is 12.5 Å². The number of aliphatic carboxylic acids is 1. The van der Waals surface area contributed by atoms with Crippen molar-refractivity contribution in [3.05, 3.63) is 0 Å². The van der Waals surface area contributed by atoms with Crippen LogP contribution in [0.5, 0.6) is 0 Å². The zero-order valence-corrected chi connectivity index (χ0v) is 12.0. The van der Waals surface area contributed by atoms with Crippen LogP contribution in [-0.4, -0.2) is 65.8 Å². The molecule has 0 radical (unpaired) electrons. The van der Waals surface area contributed by atoms with Gasteiger partial charge in [-0.05, 0) is 27.8 Å². The Labute approximate surface area is 113 Å². The Morgan fingerprint density at radius 2 is 1.89 bits per heavy atom. The summed E-state index contributed by atoms with van der Waals surface area (Å²) in [7, 11) is 1.92. The molecule has 0 bridgehead atoms. The van der Waals surface area contributed by atoms with E-state index >= 15 is 0 Å². The van der Waals surface area contributed by atoms with Crippen molar-refractivity contribution in [2.75, 3.05) is 33.2 Å². The number of carbonyl (C=O) groups excluding carboxylic acids is 1. The van der Waals surface area contributed by atoms with E-state index < -0.39 is 23.1 Å². The van der Waals surface area contributed by atoms with Gasteiger partial charge in [-0.25, -0.2) is 4.79 Å². The molecule has 2 aliphatic heterocycles. The Hall–Kier alpha value is -1.30. The van der Waals surface area contributed by atoms with Gasteiger partial charge in [0.15, 0.2) is 0 Å². The molecule has 19 heavy (non-hydrogen) atoms. The van der Waals surface area contributed by atoms with Gasteiger partial charge in [-0.3, -0.25) is 4.79 Å². The van der Waals surface area contributed by atoms with E-state index in [9.17, 15) is 14.7 Å². The molecular formula is C13H22N2O4. The van der Waals surface area contributed by atoms with Crippen LogP contribution in [0, 0.1) is 11.3 Å². The summed E-state index contributed by atoms with van der Waals surface area (Å²) in [5.41, 5.74) is -1.38. The van der Waals surface area contributed by atoms with E-state index in [0.29, 0.717) is 19.6 Å². The topological polar surface area (TPSA) is 70.1 Å². The van der Waals surface area contributed by atoms with Crippen LogP contribution in [0.4, 0.5) is 4.79 Å². The van der Waals surface area contributed by atoms with Crippen molar-refractivity contribution in [1.82, 2.24) is 9.80 Å². The monoisotopic (exact) mass is 270 g/mol. The molecule has 0 saturated carbocycles. The summed E-state index contributed by atoms with van der Waals surface area (Å²) < 4.78 is 5.32. The molecule has 1 amide bonds. The van der Waals surface area contributed by atoms with Crippen LogP contribution >= 0.6 is 0 Å². The van der Waals surface area contributed by atoms with Crippen LogP contribution in [0.25, 0.3) is 0 Å². The summed E-state index contributed by atoms with van der Waals surface area (Å²) in [5.74, 6) is -0.824. The van der Waals surface area contributed by atoms with Crippen molar-refractivity contribution in [3.8, 4) is 0 Å². The van der Waals surface area contributed by atoms with Gasteiger partial charge in [0.05, 0.1) is 0 Å². The van der Waals surface area contributed by atoms with Gasteiger partial charge < -0.3 is 19.6 Å². The number of rotatable bonds is 1. The Kier molecular flexibility index (Phi) is 3.24. The fourth-order valence-corrected chi connectivity index (χ4v) is 3.08. The molecule has 0 aromatic rings. The molecule has 0 aliphatic carbocycles. The van der Waals surface area contributed by atoms with Crippen molar-refractivity contribution in [2.24, 2.45) is 11.3 Å². The van der Waals surface area contributed by atoms with Crippen molar-refractivity contribution in [2.45, 2.75) is 26.4 Å². The smallest absolute Gasteiger partial charge is 0.410 e. The lowest BCUT2D eigenvalue weighted by molar-refractivity contribution is -0.148. The van der Waals surface area contributed by atoms with E-state index in [2.05, 4.69) is 0 Å². The molecule has 2 atom stereocenters. The molecule has 0 spiro atoms. The molecule has 2 saturated heterocycles. The summed E-state index contributed by atoms with van der Waals surface area (Å²) in [6.45, 7) is 7.34. The second kappa shape index (κ2) is 4.37. The van der Waals surface area contributed by atoms with Crippen LogP contribution in [0.3, 0.4) is 0 Å². The minimum atomic E-state index is -0.828. The highest BCUT2D eigenvalue weighted by atomic mass is 16.6. The van der Waals surface area contributed by atoms with Gasteiger partial charge in [-0.2, -0.15) is 0 Å². The highest BCUT2D eigenvalue weighted by molar-refractivity contribution is 5.79. The summed E-state index contributed by atoms with van der Waals surface area (Å²) in [6, 6.07) is 0. The fraction of sp³-hybridized carbons (Fsp3) is 0.846. The predicted molar refractivity (Wildman–Crippen MR) is 68.9 cm³/mol. The predicted octanol–water partition coefficient (Wildman–Crippen LogP) is 0.870. The average molecular weight is 270 g/mol. The first-order chi connectivity index (χ1) is 8.64. The van der Waals surface area contributed by atoms with E-state index in [1.54, 1.807) is 0 Å². The molecular weight excluding hydrogens is 248 g/mol. The van der Waals surface area contributed by atoms with Crippen molar-refractivity contribution >= 4 is 12.1 Å². The van der Waals surface area contributed by atoms with Crippen LogP contribution in [0.1, 0.15) is 20.8 Å². The highest BCUT2D eigenvalue weighted by Gasteiger charge is 2.58. The largest absolute Gasteiger partial charge is 0.481 e. The average Bonchev–Trinajstić information content (AvgIpc) is 2.68. The van der Waals surface area contributed by atoms with Crippen molar-refractivity contribution in [3.63, 3.8) is 0 Å². The van der Waals surface area contributed by atoms with Gasteiger partial charge in [-0.15, -0.1) is 0 Å². The molecule has 0 aromatic heterocycles. The first kappa shape index (κ1) is 14.1. The number of amides is 1. The second-order valence-corrected chi connectivity index (χ2v) is 6.72. The Bertz CT molecular complexity index is 404. The molecule has 2 heterocycles. The molecule has 6 heteroatoms. The molecule has 2 fully saturated rings. The van der Waals surface area contributed by atoms with Gasteiger partial charge in [0.2, 0.25) is 0 Å².